The second-order valence-corrected chi connectivity index (χ2v) is 7.23. The molecule has 3 aromatic carbocycles. The van der Waals surface area contributed by atoms with Crippen LogP contribution in [0.25, 0.3) is 0 Å². The van der Waals surface area contributed by atoms with E-state index in [4.69, 9.17) is 4.74 Å². The van der Waals surface area contributed by atoms with Gasteiger partial charge >= 0.3 is 0 Å². The first-order chi connectivity index (χ1) is 15.0. The minimum Gasteiger partial charge on any atom is -0.457 e. The average molecular weight is 415 g/mol. The van der Waals surface area contributed by atoms with Gasteiger partial charge in [0.05, 0.1) is 23.6 Å². The Morgan fingerprint density at radius 1 is 0.968 bits per heavy atom. The molecule has 1 heterocycles. The third kappa shape index (κ3) is 4.80. The van der Waals surface area contributed by atoms with Gasteiger partial charge in [-0.1, -0.05) is 36.4 Å². The van der Waals surface area contributed by atoms with Gasteiger partial charge in [0.1, 0.15) is 17.3 Å². The van der Waals surface area contributed by atoms with Crippen molar-refractivity contribution in [2.45, 2.75) is 20.4 Å². The number of ether oxygens (including phenoxy) is 1. The minimum atomic E-state index is -0.287. The molecule has 4 rings (SSSR count). The number of nitrogens with one attached hydrogen (secondary N) is 1. The van der Waals surface area contributed by atoms with E-state index in [1.54, 1.807) is 35.0 Å². The van der Waals surface area contributed by atoms with Gasteiger partial charge in [-0.05, 0) is 61.9 Å². The first-order valence-electron chi connectivity index (χ1n) is 9.92. The Balaban J connectivity index is 1.51. The highest BCUT2D eigenvalue weighted by molar-refractivity contribution is 6.05. The maximum Gasteiger partial charge on any atom is 0.255 e. The third-order valence-electron chi connectivity index (χ3n) is 4.92. The lowest BCUT2D eigenvalue weighted by Crippen LogP contribution is -2.13. The summed E-state index contributed by atoms with van der Waals surface area (Å²) in [6.07, 6.45) is 0. The van der Waals surface area contributed by atoms with Gasteiger partial charge < -0.3 is 10.1 Å². The molecule has 1 aromatic heterocycles. The van der Waals surface area contributed by atoms with Crippen LogP contribution in [0.2, 0.25) is 0 Å². The molecule has 0 spiro atoms. The van der Waals surface area contributed by atoms with E-state index in [9.17, 15) is 9.18 Å². The summed E-state index contributed by atoms with van der Waals surface area (Å²) in [4.78, 5) is 12.9. The summed E-state index contributed by atoms with van der Waals surface area (Å²) in [5, 5.41) is 7.46. The average Bonchev–Trinajstić information content (AvgIpc) is 3.02. The summed E-state index contributed by atoms with van der Waals surface area (Å²) < 4.78 is 21.1. The van der Waals surface area contributed by atoms with Crippen LogP contribution in [0.15, 0.2) is 78.9 Å². The van der Waals surface area contributed by atoms with Gasteiger partial charge in [0.2, 0.25) is 0 Å². The Labute approximate surface area is 180 Å². The van der Waals surface area contributed by atoms with Crippen LogP contribution in [0, 0.1) is 19.7 Å². The zero-order valence-corrected chi connectivity index (χ0v) is 17.3. The number of carbonyl (C=O) groups excluding carboxylic acids is 1. The Hall–Kier alpha value is -3.93. The highest BCUT2D eigenvalue weighted by Crippen LogP contribution is 2.24. The number of benzene rings is 3. The van der Waals surface area contributed by atoms with Crippen LogP contribution in [0.3, 0.4) is 0 Å². The molecule has 0 saturated heterocycles. The fourth-order valence-corrected chi connectivity index (χ4v) is 3.35. The van der Waals surface area contributed by atoms with Gasteiger partial charge in [-0.15, -0.1) is 0 Å². The lowest BCUT2D eigenvalue weighted by molar-refractivity contribution is 0.102. The van der Waals surface area contributed by atoms with Crippen LogP contribution in [-0.2, 0) is 6.54 Å². The molecule has 0 aliphatic carbocycles. The molecule has 0 fully saturated rings. The van der Waals surface area contributed by atoms with Crippen LogP contribution in [0.4, 0.5) is 10.1 Å². The van der Waals surface area contributed by atoms with Crippen LogP contribution in [0.1, 0.15) is 27.3 Å². The molecule has 4 aromatic rings. The lowest BCUT2D eigenvalue weighted by atomic mass is 10.2. The standard InChI is InChI=1S/C25H22FN3O2/c1-17-24(18(2)29(28-17)16-19-8-6-10-21(26)14-19)27-25(30)20-9-7-13-23(15-20)31-22-11-4-3-5-12-22/h3-15H,16H2,1-2H3,(H,27,30). The highest BCUT2D eigenvalue weighted by atomic mass is 19.1. The topological polar surface area (TPSA) is 56.2 Å². The number of halogens is 1. The third-order valence-corrected chi connectivity index (χ3v) is 4.92. The first-order valence-corrected chi connectivity index (χ1v) is 9.92. The SMILES string of the molecule is Cc1nn(Cc2cccc(F)c2)c(C)c1NC(=O)c1cccc(Oc2ccccc2)c1. The van der Waals surface area contributed by atoms with Gasteiger partial charge in [-0.25, -0.2) is 4.39 Å². The van der Waals surface area contributed by atoms with E-state index in [0.29, 0.717) is 35.0 Å². The number of aryl methyl sites for hydroxylation is 1. The van der Waals surface area contributed by atoms with Crippen molar-refractivity contribution >= 4 is 11.6 Å². The van der Waals surface area contributed by atoms with E-state index in [0.717, 1.165) is 11.3 Å². The van der Waals surface area contributed by atoms with E-state index in [2.05, 4.69) is 10.4 Å². The molecule has 0 atom stereocenters. The predicted octanol–water partition coefficient (Wildman–Crippen LogP) is 5.73. The van der Waals surface area contributed by atoms with Crippen molar-refractivity contribution in [1.29, 1.82) is 0 Å². The fraction of sp³-hybridized carbons (Fsp3) is 0.120. The normalized spacial score (nSPS) is 10.7. The lowest BCUT2D eigenvalue weighted by Gasteiger charge is -2.09. The Morgan fingerprint density at radius 3 is 2.48 bits per heavy atom. The van der Waals surface area contributed by atoms with Gasteiger partial charge in [0.15, 0.2) is 0 Å². The van der Waals surface area contributed by atoms with Crippen LogP contribution >= 0.6 is 0 Å². The molecule has 0 unspecified atom stereocenters. The minimum absolute atomic E-state index is 0.255. The zero-order valence-electron chi connectivity index (χ0n) is 17.3. The number of carbonyl (C=O) groups is 1. The van der Waals surface area contributed by atoms with Gasteiger partial charge in [-0.2, -0.15) is 5.10 Å². The Kier molecular flexibility index (Phi) is 5.80. The molecule has 0 aliphatic heterocycles. The van der Waals surface area contributed by atoms with Gasteiger partial charge in [0.25, 0.3) is 5.91 Å². The molecular weight excluding hydrogens is 393 g/mol. The molecule has 6 heteroatoms. The van der Waals surface area contributed by atoms with E-state index in [1.165, 1.54) is 12.1 Å². The van der Waals surface area contributed by atoms with E-state index in [1.807, 2.05) is 50.2 Å². The number of amides is 1. The van der Waals surface area contributed by atoms with Crippen molar-refractivity contribution in [2.24, 2.45) is 0 Å². The second kappa shape index (κ2) is 8.83. The van der Waals surface area contributed by atoms with Crippen LogP contribution < -0.4 is 10.1 Å². The first kappa shape index (κ1) is 20.3. The number of nitrogens with zero attached hydrogens (tertiary/aromatic N) is 2. The second-order valence-electron chi connectivity index (χ2n) is 7.23. The number of hydrogen-bond donors (Lipinski definition) is 1. The largest absolute Gasteiger partial charge is 0.457 e. The van der Waals surface area contributed by atoms with Crippen molar-refractivity contribution in [3.05, 3.63) is 107 Å². The number of aromatic nitrogens is 2. The maximum absolute atomic E-state index is 13.5. The Bertz CT molecular complexity index is 1220. The van der Waals surface area contributed by atoms with Crippen molar-refractivity contribution in [3.8, 4) is 11.5 Å². The van der Waals surface area contributed by atoms with Crippen molar-refractivity contribution < 1.29 is 13.9 Å². The van der Waals surface area contributed by atoms with Crippen molar-refractivity contribution in [3.63, 3.8) is 0 Å². The molecule has 0 saturated carbocycles. The van der Waals surface area contributed by atoms with Crippen LogP contribution in [0.5, 0.6) is 11.5 Å². The number of para-hydroxylation sites is 1. The van der Waals surface area contributed by atoms with E-state index < -0.39 is 0 Å². The molecule has 0 aliphatic rings. The molecule has 1 amide bonds. The molecule has 0 radical (unpaired) electrons. The number of hydrogen-bond acceptors (Lipinski definition) is 3. The fourth-order valence-electron chi connectivity index (χ4n) is 3.35. The quantitative estimate of drug-likeness (QED) is 0.437. The van der Waals surface area contributed by atoms with E-state index in [-0.39, 0.29) is 11.7 Å². The molecule has 0 bridgehead atoms. The predicted molar refractivity (Wildman–Crippen MR) is 118 cm³/mol. The summed E-state index contributed by atoms with van der Waals surface area (Å²) in [7, 11) is 0. The summed E-state index contributed by atoms with van der Waals surface area (Å²) >= 11 is 0. The smallest absolute Gasteiger partial charge is 0.255 e. The maximum atomic E-state index is 13.5. The van der Waals surface area contributed by atoms with Gasteiger partial charge in [0, 0.05) is 5.56 Å². The number of rotatable bonds is 6. The molecule has 1 N–H and O–H groups in total. The van der Waals surface area contributed by atoms with E-state index >= 15 is 0 Å². The summed E-state index contributed by atoms with van der Waals surface area (Å²) in [5.41, 5.74) is 3.42. The van der Waals surface area contributed by atoms with Gasteiger partial charge in [-0.3, -0.25) is 9.48 Å². The van der Waals surface area contributed by atoms with Crippen LogP contribution in [-0.4, -0.2) is 15.7 Å². The monoisotopic (exact) mass is 415 g/mol. The zero-order chi connectivity index (χ0) is 21.8. The molecular formula is C25H22FN3O2. The molecule has 5 nitrogen and oxygen atoms in total. The summed E-state index contributed by atoms with van der Waals surface area (Å²) in [5.74, 6) is 0.736. The van der Waals surface area contributed by atoms with Crippen molar-refractivity contribution in [2.75, 3.05) is 5.32 Å². The highest BCUT2D eigenvalue weighted by Gasteiger charge is 2.16. The Morgan fingerprint density at radius 2 is 1.71 bits per heavy atom. The van der Waals surface area contributed by atoms with Crippen molar-refractivity contribution in [1.82, 2.24) is 9.78 Å². The molecule has 31 heavy (non-hydrogen) atoms. The molecule has 156 valence electrons. The summed E-state index contributed by atoms with van der Waals surface area (Å²) in [6, 6.07) is 22.8. The summed E-state index contributed by atoms with van der Waals surface area (Å²) in [6.45, 7) is 4.13. The number of anilines is 1.